The summed E-state index contributed by atoms with van der Waals surface area (Å²) >= 11 is 0. The van der Waals surface area contributed by atoms with Crippen molar-refractivity contribution in [2.45, 2.75) is 32.6 Å². The average molecular weight is 186 g/mol. The lowest BCUT2D eigenvalue weighted by Gasteiger charge is -2.31. The van der Waals surface area contributed by atoms with Crippen molar-refractivity contribution in [3.63, 3.8) is 0 Å². The highest BCUT2D eigenvalue weighted by Crippen LogP contribution is 2.71. The van der Waals surface area contributed by atoms with Crippen molar-refractivity contribution in [3.8, 4) is 0 Å². The standard InChI is InChI=1S/C14H18/c1-2-8-4-3-5-9-10-6-11(10)12-7-13(12)14(8)9/h2,5,10-14H,3-4,6-7H2,1H3. The lowest BCUT2D eigenvalue weighted by molar-refractivity contribution is 0.434. The van der Waals surface area contributed by atoms with Gasteiger partial charge < -0.3 is 0 Å². The molecule has 14 heavy (non-hydrogen) atoms. The van der Waals surface area contributed by atoms with E-state index in [1.807, 2.05) is 5.57 Å². The van der Waals surface area contributed by atoms with E-state index in [9.17, 15) is 0 Å². The molecule has 5 unspecified atom stereocenters. The second-order valence-corrected chi connectivity index (χ2v) is 5.65. The van der Waals surface area contributed by atoms with Crippen molar-refractivity contribution >= 4 is 0 Å². The molecule has 0 aromatic carbocycles. The molecule has 0 amide bonds. The molecule has 0 radical (unpaired) electrons. The molecule has 0 aromatic heterocycles. The van der Waals surface area contributed by atoms with Gasteiger partial charge in [-0.05, 0) is 56.3 Å². The van der Waals surface area contributed by atoms with Gasteiger partial charge in [0.05, 0.1) is 0 Å². The number of rotatable bonds is 0. The third-order valence-electron chi connectivity index (χ3n) is 5.08. The number of hydrogen-bond acceptors (Lipinski definition) is 0. The Morgan fingerprint density at radius 3 is 3.00 bits per heavy atom. The minimum Gasteiger partial charge on any atom is -0.0878 e. The van der Waals surface area contributed by atoms with Crippen LogP contribution in [0.2, 0.25) is 0 Å². The van der Waals surface area contributed by atoms with E-state index in [0.29, 0.717) is 0 Å². The van der Waals surface area contributed by atoms with Gasteiger partial charge in [-0.1, -0.05) is 23.3 Å². The minimum atomic E-state index is 0.919. The van der Waals surface area contributed by atoms with Crippen molar-refractivity contribution in [1.82, 2.24) is 0 Å². The molecule has 5 atom stereocenters. The van der Waals surface area contributed by atoms with Crippen molar-refractivity contribution in [2.24, 2.45) is 29.6 Å². The van der Waals surface area contributed by atoms with Gasteiger partial charge >= 0.3 is 0 Å². The Morgan fingerprint density at radius 1 is 1.21 bits per heavy atom. The summed E-state index contributed by atoms with van der Waals surface area (Å²) in [6.07, 6.45) is 10.8. The monoisotopic (exact) mass is 186 g/mol. The summed E-state index contributed by atoms with van der Waals surface area (Å²) in [5.74, 6) is 5.33. The van der Waals surface area contributed by atoms with Gasteiger partial charge in [0.25, 0.3) is 0 Å². The van der Waals surface area contributed by atoms with Crippen LogP contribution in [0.25, 0.3) is 0 Å². The zero-order chi connectivity index (χ0) is 9.28. The predicted octanol–water partition coefficient (Wildman–Crippen LogP) is 3.55. The van der Waals surface area contributed by atoms with Crippen molar-refractivity contribution in [1.29, 1.82) is 0 Å². The molecule has 4 rings (SSSR count). The summed E-state index contributed by atoms with van der Waals surface area (Å²) in [5, 5.41) is 0. The van der Waals surface area contributed by atoms with Gasteiger partial charge in [0.2, 0.25) is 0 Å². The van der Waals surface area contributed by atoms with Crippen LogP contribution in [0.3, 0.4) is 0 Å². The number of hydrogen-bond donors (Lipinski definition) is 0. The highest BCUT2D eigenvalue weighted by molar-refractivity contribution is 5.38. The molecule has 3 fully saturated rings. The van der Waals surface area contributed by atoms with Gasteiger partial charge in [-0.2, -0.15) is 0 Å². The molecular formula is C14H18. The Hall–Kier alpha value is -0.520. The van der Waals surface area contributed by atoms with Crippen LogP contribution in [-0.4, -0.2) is 0 Å². The maximum Gasteiger partial charge on any atom is 0.00409 e. The van der Waals surface area contributed by atoms with E-state index in [1.54, 1.807) is 18.4 Å². The fourth-order valence-corrected chi connectivity index (χ4v) is 4.31. The highest BCUT2D eigenvalue weighted by Gasteiger charge is 2.63. The largest absolute Gasteiger partial charge is 0.0878 e. The topological polar surface area (TPSA) is 0 Å². The maximum atomic E-state index is 2.59. The van der Waals surface area contributed by atoms with E-state index in [0.717, 1.165) is 29.6 Å². The first-order chi connectivity index (χ1) is 6.90. The van der Waals surface area contributed by atoms with Crippen LogP contribution in [0.1, 0.15) is 32.6 Å². The molecule has 74 valence electrons. The van der Waals surface area contributed by atoms with Crippen LogP contribution in [-0.2, 0) is 0 Å². The Kier molecular flexibility index (Phi) is 1.30. The van der Waals surface area contributed by atoms with Crippen molar-refractivity contribution < 1.29 is 0 Å². The fraction of sp³-hybridized carbons (Fsp3) is 0.714. The molecule has 4 aliphatic rings. The Morgan fingerprint density at radius 2 is 2.14 bits per heavy atom. The van der Waals surface area contributed by atoms with Crippen LogP contribution in [0.5, 0.6) is 0 Å². The molecule has 0 aliphatic heterocycles. The molecule has 0 aromatic rings. The third kappa shape index (κ3) is 0.809. The molecular weight excluding hydrogens is 168 g/mol. The minimum absolute atomic E-state index is 0.919. The highest BCUT2D eigenvalue weighted by atomic mass is 14.7. The molecule has 4 aliphatic carbocycles. The molecule has 0 heteroatoms. The molecule has 0 heterocycles. The smallest absolute Gasteiger partial charge is 0.00409 e. The van der Waals surface area contributed by atoms with Crippen LogP contribution < -0.4 is 0 Å². The SMILES string of the molecule is CC=C1CCC=C2C3CC3C3CC3C12. The average Bonchev–Trinajstić information content (AvgIpc) is 3.06. The van der Waals surface area contributed by atoms with Gasteiger partial charge in [0.15, 0.2) is 0 Å². The zero-order valence-corrected chi connectivity index (χ0v) is 8.87. The third-order valence-corrected chi connectivity index (χ3v) is 5.08. The van der Waals surface area contributed by atoms with Crippen LogP contribution >= 0.6 is 0 Å². The van der Waals surface area contributed by atoms with Gasteiger partial charge in [-0.25, -0.2) is 0 Å². The van der Waals surface area contributed by atoms with Crippen molar-refractivity contribution in [2.75, 3.05) is 0 Å². The summed E-state index contributed by atoms with van der Waals surface area (Å²) in [5.41, 5.74) is 3.65. The Balaban J connectivity index is 1.79. The van der Waals surface area contributed by atoms with E-state index < -0.39 is 0 Å². The molecule has 0 N–H and O–H groups in total. The first-order valence-corrected chi connectivity index (χ1v) is 6.25. The summed E-state index contributed by atoms with van der Waals surface area (Å²) in [4.78, 5) is 0. The molecule has 3 saturated carbocycles. The Labute approximate surface area is 86.1 Å². The van der Waals surface area contributed by atoms with Gasteiger partial charge in [-0.3, -0.25) is 0 Å². The second-order valence-electron chi connectivity index (χ2n) is 5.65. The van der Waals surface area contributed by atoms with Crippen LogP contribution in [0, 0.1) is 29.6 Å². The summed E-state index contributed by atoms with van der Waals surface area (Å²) in [7, 11) is 0. The number of fused-ring (bicyclic) bond motifs is 6. The summed E-state index contributed by atoms with van der Waals surface area (Å²) in [6, 6.07) is 0. The lowest BCUT2D eigenvalue weighted by atomic mass is 9.74. The van der Waals surface area contributed by atoms with Gasteiger partial charge in [0.1, 0.15) is 0 Å². The predicted molar refractivity (Wildman–Crippen MR) is 57.8 cm³/mol. The van der Waals surface area contributed by atoms with E-state index in [4.69, 9.17) is 0 Å². The van der Waals surface area contributed by atoms with E-state index >= 15 is 0 Å². The normalized spacial score (nSPS) is 55.6. The molecule has 0 nitrogen and oxygen atoms in total. The lowest BCUT2D eigenvalue weighted by Crippen LogP contribution is -2.20. The van der Waals surface area contributed by atoms with E-state index in [-0.39, 0.29) is 0 Å². The molecule has 0 bridgehead atoms. The van der Waals surface area contributed by atoms with Crippen molar-refractivity contribution in [3.05, 3.63) is 23.3 Å². The number of allylic oxidation sites excluding steroid dienone is 4. The maximum absolute atomic E-state index is 2.59. The van der Waals surface area contributed by atoms with E-state index in [2.05, 4.69) is 19.1 Å². The first-order valence-electron chi connectivity index (χ1n) is 6.25. The first kappa shape index (κ1) is 7.73. The van der Waals surface area contributed by atoms with E-state index in [1.165, 1.54) is 12.8 Å². The quantitative estimate of drug-likeness (QED) is 0.507. The second kappa shape index (κ2) is 2.35. The van der Waals surface area contributed by atoms with Crippen LogP contribution in [0.15, 0.2) is 23.3 Å². The summed E-state index contributed by atoms with van der Waals surface area (Å²) < 4.78 is 0. The summed E-state index contributed by atoms with van der Waals surface area (Å²) in [6.45, 7) is 2.24. The fourth-order valence-electron chi connectivity index (χ4n) is 4.31. The molecule has 0 saturated heterocycles. The van der Waals surface area contributed by atoms with Gasteiger partial charge in [0, 0.05) is 5.92 Å². The zero-order valence-electron chi connectivity index (χ0n) is 8.87. The molecule has 0 spiro atoms. The van der Waals surface area contributed by atoms with Gasteiger partial charge in [-0.15, -0.1) is 0 Å². The Bertz CT molecular complexity index is 347. The van der Waals surface area contributed by atoms with Crippen LogP contribution in [0.4, 0.5) is 0 Å².